The average Bonchev–Trinajstić information content (AvgIpc) is 3.52. The Labute approximate surface area is 264 Å². The number of carbonyl (C=O) groups is 3. The molecular formula is C35H30N4O3S2. The van der Waals surface area contributed by atoms with Crippen molar-refractivity contribution >= 4 is 57.7 Å². The first kappa shape index (κ1) is 30.5. The van der Waals surface area contributed by atoms with Crippen molar-refractivity contribution in [2.45, 2.75) is 24.0 Å². The molecule has 0 fully saturated rings. The van der Waals surface area contributed by atoms with E-state index in [1.165, 1.54) is 23.1 Å². The summed E-state index contributed by atoms with van der Waals surface area (Å²) in [5, 5.41) is 10.6. The zero-order chi connectivity index (χ0) is 30.9. The molecule has 7 nitrogen and oxygen atoms in total. The second-order valence-electron chi connectivity index (χ2n) is 9.92. The largest absolute Gasteiger partial charge is 0.321 e. The summed E-state index contributed by atoms with van der Waals surface area (Å²) in [4.78, 5) is 44.4. The number of nitrogens with one attached hydrogen (secondary N) is 3. The van der Waals surface area contributed by atoms with Gasteiger partial charge >= 0.3 is 0 Å². The summed E-state index contributed by atoms with van der Waals surface area (Å²) in [6, 6.07) is 33.4. The number of hydrogen-bond acceptors (Lipinski definition) is 6. The van der Waals surface area contributed by atoms with Crippen LogP contribution in [-0.2, 0) is 9.59 Å². The van der Waals surface area contributed by atoms with Gasteiger partial charge in [-0.2, -0.15) is 0 Å². The van der Waals surface area contributed by atoms with Crippen LogP contribution in [0.15, 0.2) is 125 Å². The van der Waals surface area contributed by atoms with Crippen molar-refractivity contribution in [3.63, 3.8) is 0 Å². The number of benzene rings is 4. The van der Waals surface area contributed by atoms with Gasteiger partial charge in [0.15, 0.2) is 5.13 Å². The van der Waals surface area contributed by atoms with Gasteiger partial charge < -0.3 is 16.0 Å². The molecule has 1 aromatic heterocycles. The monoisotopic (exact) mass is 618 g/mol. The van der Waals surface area contributed by atoms with Crippen LogP contribution in [0.4, 0.5) is 10.8 Å². The predicted molar refractivity (Wildman–Crippen MR) is 180 cm³/mol. The highest BCUT2D eigenvalue weighted by Crippen LogP contribution is 2.28. The molecule has 3 N–H and O–H groups in total. The fourth-order valence-corrected chi connectivity index (χ4v) is 5.71. The maximum absolute atomic E-state index is 13.3. The molecule has 4 aromatic carbocycles. The van der Waals surface area contributed by atoms with E-state index in [-0.39, 0.29) is 22.8 Å². The summed E-state index contributed by atoms with van der Waals surface area (Å²) in [6.07, 6.45) is 1.64. The lowest BCUT2D eigenvalue weighted by Gasteiger charge is -2.13. The molecule has 1 atom stereocenters. The van der Waals surface area contributed by atoms with E-state index in [9.17, 15) is 14.4 Å². The number of nitrogens with zero attached hydrogens (tertiary/aromatic N) is 1. The van der Waals surface area contributed by atoms with Crippen molar-refractivity contribution in [2.75, 3.05) is 10.6 Å². The van der Waals surface area contributed by atoms with E-state index < -0.39 is 5.91 Å². The van der Waals surface area contributed by atoms with E-state index in [4.69, 9.17) is 0 Å². The molecule has 0 bridgehead atoms. The fourth-order valence-electron chi connectivity index (χ4n) is 4.12. The molecule has 0 aliphatic heterocycles. The zero-order valence-electron chi connectivity index (χ0n) is 24.1. The Morgan fingerprint density at radius 3 is 2.16 bits per heavy atom. The maximum atomic E-state index is 13.3. The van der Waals surface area contributed by atoms with Gasteiger partial charge in [-0.1, -0.05) is 78.4 Å². The van der Waals surface area contributed by atoms with Crippen molar-refractivity contribution in [3.8, 4) is 11.3 Å². The average molecular weight is 619 g/mol. The van der Waals surface area contributed by atoms with Crippen molar-refractivity contribution in [1.82, 2.24) is 10.3 Å². The summed E-state index contributed by atoms with van der Waals surface area (Å²) >= 11 is 2.79. The summed E-state index contributed by atoms with van der Waals surface area (Å²) in [5.74, 6) is -0.991. The van der Waals surface area contributed by atoms with Gasteiger partial charge in [-0.25, -0.2) is 4.98 Å². The quantitative estimate of drug-likeness (QED) is 0.110. The first-order valence-corrected chi connectivity index (χ1v) is 15.6. The van der Waals surface area contributed by atoms with Crippen molar-refractivity contribution in [3.05, 3.63) is 137 Å². The van der Waals surface area contributed by atoms with Crippen LogP contribution in [0.1, 0.15) is 28.4 Å². The van der Waals surface area contributed by atoms with Crippen molar-refractivity contribution in [2.24, 2.45) is 0 Å². The Balaban J connectivity index is 1.21. The number of amides is 3. The molecule has 1 unspecified atom stereocenters. The van der Waals surface area contributed by atoms with Crippen LogP contribution in [0.5, 0.6) is 0 Å². The molecule has 1 heterocycles. The van der Waals surface area contributed by atoms with Crippen molar-refractivity contribution in [1.29, 1.82) is 0 Å². The van der Waals surface area contributed by atoms with Gasteiger partial charge in [0, 0.05) is 27.1 Å². The van der Waals surface area contributed by atoms with Gasteiger partial charge in [0.05, 0.1) is 10.9 Å². The van der Waals surface area contributed by atoms with E-state index >= 15 is 0 Å². The van der Waals surface area contributed by atoms with Crippen LogP contribution in [0.25, 0.3) is 17.3 Å². The molecule has 0 spiro atoms. The van der Waals surface area contributed by atoms with Gasteiger partial charge in [0.1, 0.15) is 5.70 Å². The molecule has 5 aromatic rings. The molecule has 0 saturated carbocycles. The molecule has 9 heteroatoms. The smallest absolute Gasteiger partial charge is 0.272 e. The normalized spacial score (nSPS) is 11.8. The Morgan fingerprint density at radius 1 is 0.818 bits per heavy atom. The molecular weight excluding hydrogens is 589 g/mol. The second kappa shape index (κ2) is 14.5. The minimum absolute atomic E-state index is 0.115. The summed E-state index contributed by atoms with van der Waals surface area (Å²) in [5.41, 5.74) is 4.80. The van der Waals surface area contributed by atoms with E-state index in [0.717, 1.165) is 27.3 Å². The minimum Gasteiger partial charge on any atom is -0.321 e. The summed E-state index contributed by atoms with van der Waals surface area (Å²) in [7, 11) is 0. The third kappa shape index (κ3) is 8.31. The molecule has 0 radical (unpaired) electrons. The predicted octanol–water partition coefficient (Wildman–Crippen LogP) is 7.65. The third-order valence-corrected chi connectivity index (χ3v) is 8.38. The number of rotatable bonds is 10. The highest BCUT2D eigenvalue weighted by Gasteiger charge is 2.18. The number of thiazole rings is 1. The number of aromatic nitrogens is 1. The van der Waals surface area contributed by atoms with Crippen LogP contribution >= 0.6 is 23.1 Å². The first-order valence-electron chi connectivity index (χ1n) is 13.9. The molecule has 3 amide bonds. The molecule has 0 aliphatic rings. The topological polar surface area (TPSA) is 100 Å². The lowest BCUT2D eigenvalue weighted by molar-refractivity contribution is -0.115. The SMILES string of the molecule is Cc1ccc(/C=C(\NC(=O)c2ccccc2)C(=O)Nc2ccc(SC(C)C(=O)Nc3nc(-c4ccccc4)cs3)cc2)cc1. The van der Waals surface area contributed by atoms with E-state index in [1.54, 1.807) is 42.5 Å². The molecule has 0 saturated heterocycles. The van der Waals surface area contributed by atoms with Gasteiger partial charge in [0.2, 0.25) is 5.91 Å². The van der Waals surface area contributed by atoms with Crippen LogP contribution in [0.3, 0.4) is 0 Å². The highest BCUT2D eigenvalue weighted by molar-refractivity contribution is 8.00. The number of carbonyl (C=O) groups excluding carboxylic acids is 3. The fraction of sp³-hybridized carbons (Fsp3) is 0.0857. The molecule has 5 rings (SSSR count). The number of anilines is 2. The minimum atomic E-state index is -0.457. The van der Waals surface area contributed by atoms with E-state index in [1.807, 2.05) is 92.0 Å². The van der Waals surface area contributed by atoms with Gasteiger partial charge in [-0.3, -0.25) is 14.4 Å². The molecule has 0 aliphatic carbocycles. The molecule has 220 valence electrons. The lowest BCUT2D eigenvalue weighted by atomic mass is 10.1. The maximum Gasteiger partial charge on any atom is 0.272 e. The van der Waals surface area contributed by atoms with Gasteiger partial charge in [-0.05, 0) is 61.9 Å². The molecule has 44 heavy (non-hydrogen) atoms. The standard InChI is InChI=1S/C35H30N4O3S2/c1-23-13-15-25(16-14-23)21-30(37-33(41)27-11-7-4-8-12-27)34(42)36-28-17-19-29(20-18-28)44-24(2)32(40)39-35-38-31(22-43-35)26-9-5-3-6-10-26/h3-22,24H,1-2H3,(H,36,42)(H,37,41)(H,38,39,40)/b30-21-. The zero-order valence-corrected chi connectivity index (χ0v) is 25.7. The third-order valence-electron chi connectivity index (χ3n) is 6.52. The van der Waals surface area contributed by atoms with Crippen LogP contribution in [0, 0.1) is 6.92 Å². The first-order chi connectivity index (χ1) is 21.3. The Bertz CT molecular complexity index is 1770. The van der Waals surface area contributed by atoms with E-state index in [2.05, 4.69) is 20.9 Å². The van der Waals surface area contributed by atoms with Crippen LogP contribution in [0.2, 0.25) is 0 Å². The summed E-state index contributed by atoms with van der Waals surface area (Å²) in [6.45, 7) is 3.81. The van der Waals surface area contributed by atoms with Crippen LogP contribution < -0.4 is 16.0 Å². The Morgan fingerprint density at radius 2 is 1.48 bits per heavy atom. The highest BCUT2D eigenvalue weighted by atomic mass is 32.2. The lowest BCUT2D eigenvalue weighted by Crippen LogP contribution is -2.30. The second-order valence-corrected chi connectivity index (χ2v) is 12.2. The van der Waals surface area contributed by atoms with E-state index in [0.29, 0.717) is 16.4 Å². The number of aryl methyl sites for hydroxylation is 1. The van der Waals surface area contributed by atoms with Crippen LogP contribution in [-0.4, -0.2) is 28.0 Å². The van der Waals surface area contributed by atoms with Gasteiger partial charge in [-0.15, -0.1) is 23.1 Å². The Kier molecular flexibility index (Phi) is 10.0. The Hall–Kier alpha value is -4.99. The number of thioether (sulfide) groups is 1. The van der Waals surface area contributed by atoms with Crippen molar-refractivity contribution < 1.29 is 14.4 Å². The summed E-state index contributed by atoms with van der Waals surface area (Å²) < 4.78 is 0. The number of hydrogen-bond donors (Lipinski definition) is 3. The van der Waals surface area contributed by atoms with Gasteiger partial charge in [0.25, 0.3) is 11.8 Å².